The van der Waals surface area contributed by atoms with Gasteiger partial charge in [0.25, 0.3) is 5.91 Å². The minimum Gasteiger partial charge on any atom is -0.516 e. The molecule has 0 spiro atoms. The molecule has 1 N–H and O–H groups in total. The quantitative estimate of drug-likeness (QED) is 0.628. The minimum absolute atomic E-state index is 0.0392. The summed E-state index contributed by atoms with van der Waals surface area (Å²) in [4.78, 5) is 17.1. The number of halogens is 1. The molecule has 1 aliphatic heterocycles. The number of hydrogen-bond acceptors (Lipinski definition) is 5. The number of methoxy groups -OCH3 is 1. The topological polar surface area (TPSA) is 62.2 Å². The van der Waals surface area contributed by atoms with Crippen molar-refractivity contribution in [3.05, 3.63) is 71.7 Å². The molecular formula is C25H31FN2O4. The van der Waals surface area contributed by atoms with Crippen LogP contribution < -0.4 is 9.47 Å². The molecule has 1 saturated heterocycles. The molecule has 7 heteroatoms. The van der Waals surface area contributed by atoms with Crippen molar-refractivity contribution in [2.75, 3.05) is 26.8 Å². The number of nitrogens with zero attached hydrogens (tertiary/aromatic N) is 2. The zero-order valence-corrected chi connectivity index (χ0v) is 18.8. The molecule has 0 bridgehead atoms. The van der Waals surface area contributed by atoms with Crippen LogP contribution in [0.3, 0.4) is 0 Å². The van der Waals surface area contributed by atoms with Gasteiger partial charge in [0.15, 0.2) is 18.1 Å². The third-order valence-electron chi connectivity index (χ3n) is 5.77. The van der Waals surface area contributed by atoms with Crippen LogP contribution in [0, 0.1) is 5.82 Å². The zero-order chi connectivity index (χ0) is 23.1. The Morgan fingerprint density at radius 1 is 1.09 bits per heavy atom. The van der Waals surface area contributed by atoms with Crippen LogP contribution in [-0.4, -0.2) is 59.7 Å². The lowest BCUT2D eigenvalue weighted by Crippen LogP contribution is -2.58. The molecule has 0 saturated carbocycles. The highest BCUT2D eigenvalue weighted by Gasteiger charge is 2.32. The van der Waals surface area contributed by atoms with Crippen LogP contribution in [0.25, 0.3) is 0 Å². The SMILES string of the molecule is COc1cc(CC=CO)ccc1OCC(=O)N1C[C@@H](C)N(Cc2ccc(F)cc2)C[C@@H]1C. The van der Waals surface area contributed by atoms with Crippen molar-refractivity contribution in [3.8, 4) is 11.5 Å². The van der Waals surface area contributed by atoms with E-state index < -0.39 is 0 Å². The average Bonchev–Trinajstić information content (AvgIpc) is 2.79. The number of aliphatic hydroxyl groups excluding tert-OH is 1. The van der Waals surface area contributed by atoms with E-state index in [4.69, 9.17) is 14.6 Å². The van der Waals surface area contributed by atoms with Crippen LogP contribution >= 0.6 is 0 Å². The standard InChI is InChI=1S/C25H31FN2O4/c1-18-15-28(19(2)14-27(18)16-21-6-9-22(26)10-7-21)25(30)17-32-23-11-8-20(5-4-12-29)13-24(23)31-3/h4,6-13,18-19,29H,5,14-17H2,1-3H3/t18-,19+/m1/s1. The molecule has 172 valence electrons. The average molecular weight is 443 g/mol. The number of piperazine rings is 1. The fourth-order valence-electron chi connectivity index (χ4n) is 3.96. The third-order valence-corrected chi connectivity index (χ3v) is 5.77. The number of allylic oxidation sites excluding steroid dienone is 1. The van der Waals surface area contributed by atoms with Gasteiger partial charge in [-0.05, 0) is 61.7 Å². The molecule has 1 fully saturated rings. The Morgan fingerprint density at radius 3 is 2.50 bits per heavy atom. The van der Waals surface area contributed by atoms with Crippen LogP contribution in [0.5, 0.6) is 11.5 Å². The van der Waals surface area contributed by atoms with Crippen LogP contribution in [0.4, 0.5) is 4.39 Å². The van der Waals surface area contributed by atoms with Crippen molar-refractivity contribution in [2.24, 2.45) is 0 Å². The summed E-state index contributed by atoms with van der Waals surface area (Å²) < 4.78 is 24.3. The summed E-state index contributed by atoms with van der Waals surface area (Å²) in [6, 6.07) is 12.3. The summed E-state index contributed by atoms with van der Waals surface area (Å²) >= 11 is 0. The number of aliphatic hydroxyl groups is 1. The maximum atomic E-state index is 13.2. The Balaban J connectivity index is 1.57. The van der Waals surface area contributed by atoms with E-state index >= 15 is 0 Å². The van der Waals surface area contributed by atoms with E-state index in [0.29, 0.717) is 24.5 Å². The van der Waals surface area contributed by atoms with Gasteiger partial charge in [-0.2, -0.15) is 0 Å². The highest BCUT2D eigenvalue weighted by Crippen LogP contribution is 2.28. The second-order valence-electron chi connectivity index (χ2n) is 8.16. The van der Waals surface area contributed by atoms with E-state index in [1.165, 1.54) is 12.1 Å². The van der Waals surface area contributed by atoms with Gasteiger partial charge in [0, 0.05) is 31.7 Å². The highest BCUT2D eigenvalue weighted by molar-refractivity contribution is 5.78. The molecule has 1 amide bonds. The third kappa shape index (κ3) is 6.01. The highest BCUT2D eigenvalue weighted by atomic mass is 19.1. The maximum Gasteiger partial charge on any atom is 0.260 e. The van der Waals surface area contributed by atoms with Crippen LogP contribution in [0.1, 0.15) is 25.0 Å². The number of rotatable bonds is 8. The van der Waals surface area contributed by atoms with Gasteiger partial charge >= 0.3 is 0 Å². The van der Waals surface area contributed by atoms with Crippen molar-refractivity contribution in [1.82, 2.24) is 9.80 Å². The lowest BCUT2D eigenvalue weighted by Gasteiger charge is -2.44. The summed E-state index contributed by atoms with van der Waals surface area (Å²) in [6.07, 6.45) is 3.22. The van der Waals surface area contributed by atoms with Crippen molar-refractivity contribution in [3.63, 3.8) is 0 Å². The first kappa shape index (κ1) is 23.6. The first-order chi connectivity index (χ1) is 15.4. The molecule has 3 rings (SSSR count). The Labute approximate surface area is 188 Å². The van der Waals surface area contributed by atoms with Gasteiger partial charge in [0.2, 0.25) is 0 Å². The second kappa shape index (κ2) is 11.0. The first-order valence-electron chi connectivity index (χ1n) is 10.8. The molecule has 1 aliphatic rings. The van der Waals surface area contributed by atoms with Gasteiger partial charge in [0.05, 0.1) is 13.4 Å². The predicted octanol–water partition coefficient (Wildman–Crippen LogP) is 3.95. The van der Waals surface area contributed by atoms with Crippen molar-refractivity contribution in [1.29, 1.82) is 0 Å². The van der Waals surface area contributed by atoms with Crippen molar-refractivity contribution < 1.29 is 23.8 Å². The van der Waals surface area contributed by atoms with Crippen LogP contribution in [-0.2, 0) is 17.8 Å². The van der Waals surface area contributed by atoms with Crippen LogP contribution in [0.15, 0.2) is 54.8 Å². The molecule has 0 radical (unpaired) electrons. The summed E-state index contributed by atoms with van der Waals surface area (Å²) in [5.41, 5.74) is 2.02. The van der Waals surface area contributed by atoms with E-state index in [9.17, 15) is 9.18 Å². The number of hydrogen-bond donors (Lipinski definition) is 1. The molecule has 2 atom stereocenters. The second-order valence-corrected chi connectivity index (χ2v) is 8.16. The van der Waals surface area contributed by atoms with Gasteiger partial charge in [0.1, 0.15) is 5.82 Å². The Hall–Kier alpha value is -3.06. The number of carbonyl (C=O) groups excluding carboxylic acids is 1. The molecule has 0 unspecified atom stereocenters. The molecule has 32 heavy (non-hydrogen) atoms. The van der Waals surface area contributed by atoms with E-state index in [-0.39, 0.29) is 30.4 Å². The molecule has 2 aromatic rings. The Bertz CT molecular complexity index is 932. The molecule has 6 nitrogen and oxygen atoms in total. The van der Waals surface area contributed by atoms with E-state index in [0.717, 1.165) is 30.5 Å². The largest absolute Gasteiger partial charge is 0.516 e. The fourth-order valence-corrected chi connectivity index (χ4v) is 3.96. The van der Waals surface area contributed by atoms with E-state index in [2.05, 4.69) is 11.8 Å². The summed E-state index contributed by atoms with van der Waals surface area (Å²) in [6.45, 7) is 6.13. The van der Waals surface area contributed by atoms with Crippen LogP contribution in [0.2, 0.25) is 0 Å². The number of carbonyl (C=O) groups is 1. The predicted molar refractivity (Wildman–Crippen MR) is 121 cm³/mol. The molecule has 0 aromatic heterocycles. The maximum absolute atomic E-state index is 13.2. The summed E-state index contributed by atoms with van der Waals surface area (Å²) in [5, 5.41) is 8.82. The lowest BCUT2D eigenvalue weighted by atomic mass is 10.1. The Morgan fingerprint density at radius 2 is 1.81 bits per heavy atom. The van der Waals surface area contributed by atoms with Crippen molar-refractivity contribution in [2.45, 2.75) is 38.9 Å². The van der Waals surface area contributed by atoms with Crippen molar-refractivity contribution >= 4 is 5.91 Å². The van der Waals surface area contributed by atoms with Gasteiger partial charge in [-0.15, -0.1) is 0 Å². The van der Waals surface area contributed by atoms with E-state index in [1.54, 1.807) is 31.4 Å². The van der Waals surface area contributed by atoms with Gasteiger partial charge in [-0.3, -0.25) is 9.69 Å². The first-order valence-corrected chi connectivity index (χ1v) is 10.8. The number of amides is 1. The van der Waals surface area contributed by atoms with Gasteiger partial charge in [-0.25, -0.2) is 4.39 Å². The molecular weight excluding hydrogens is 411 g/mol. The molecule has 2 aromatic carbocycles. The zero-order valence-electron chi connectivity index (χ0n) is 18.8. The fraction of sp³-hybridized carbons (Fsp3) is 0.400. The molecule has 0 aliphatic carbocycles. The summed E-state index contributed by atoms with van der Waals surface area (Å²) in [7, 11) is 1.56. The normalized spacial score (nSPS) is 19.3. The minimum atomic E-state index is -0.237. The molecule has 1 heterocycles. The number of benzene rings is 2. The monoisotopic (exact) mass is 442 g/mol. The Kier molecular flexibility index (Phi) is 8.11. The van der Waals surface area contributed by atoms with E-state index in [1.807, 2.05) is 24.0 Å². The number of ether oxygens (including phenoxy) is 2. The van der Waals surface area contributed by atoms with Gasteiger partial charge < -0.3 is 19.5 Å². The smallest absolute Gasteiger partial charge is 0.260 e. The lowest BCUT2D eigenvalue weighted by molar-refractivity contribution is -0.139. The van der Waals surface area contributed by atoms with Gasteiger partial charge in [-0.1, -0.05) is 18.2 Å². The summed E-state index contributed by atoms with van der Waals surface area (Å²) in [5.74, 6) is 0.749.